The van der Waals surface area contributed by atoms with Crippen molar-refractivity contribution in [3.63, 3.8) is 0 Å². The van der Waals surface area contributed by atoms with Gasteiger partial charge in [0, 0.05) is 17.5 Å². The summed E-state index contributed by atoms with van der Waals surface area (Å²) >= 11 is 0. The van der Waals surface area contributed by atoms with Crippen LogP contribution in [-0.2, 0) is 22.4 Å². The minimum Gasteiger partial charge on any atom is -0.493 e. The second-order valence-electron chi connectivity index (χ2n) is 8.82. The Hall–Kier alpha value is -4.19. The minimum absolute atomic E-state index is 0.0388. The first-order chi connectivity index (χ1) is 17.9. The van der Waals surface area contributed by atoms with Crippen LogP contribution in [0.15, 0.2) is 83.3 Å². The summed E-state index contributed by atoms with van der Waals surface area (Å²) in [5, 5.41) is 0. The molecule has 0 aliphatic rings. The average molecular weight is 498 g/mol. The van der Waals surface area contributed by atoms with E-state index in [4.69, 9.17) is 13.9 Å². The van der Waals surface area contributed by atoms with Gasteiger partial charge >= 0.3 is 5.97 Å². The molecule has 0 fully saturated rings. The molecule has 6 heteroatoms. The topological polar surface area (TPSA) is 78.6 Å². The van der Waals surface area contributed by atoms with Gasteiger partial charge in [-0.2, -0.15) is 0 Å². The van der Waals surface area contributed by atoms with Crippen molar-refractivity contribution >= 4 is 11.8 Å². The standard InChI is InChI=1S/C31H31NO5/c1-4-35-31(34)28(26-12-8-11-25(20-26)21(2)33)19-23-13-15-27(16-14-23)36-18-17-29-22(3)37-30(32-29)24-9-6-5-7-10-24/h5-16,20,28H,4,17-19H2,1-3H3. The van der Waals surface area contributed by atoms with Crippen molar-refractivity contribution in [1.29, 1.82) is 0 Å². The van der Waals surface area contributed by atoms with Gasteiger partial charge in [0.1, 0.15) is 11.5 Å². The molecule has 3 aromatic carbocycles. The Morgan fingerprint density at radius 2 is 1.73 bits per heavy atom. The number of Topliss-reactive ketones (excluding diaryl/α,β-unsaturated/α-hetero) is 1. The first-order valence-corrected chi connectivity index (χ1v) is 12.5. The van der Waals surface area contributed by atoms with Crippen molar-refractivity contribution in [2.24, 2.45) is 0 Å². The molecule has 4 aromatic rings. The van der Waals surface area contributed by atoms with E-state index < -0.39 is 5.92 Å². The van der Waals surface area contributed by atoms with Crippen LogP contribution in [0.3, 0.4) is 0 Å². The summed E-state index contributed by atoms with van der Waals surface area (Å²) in [7, 11) is 0. The van der Waals surface area contributed by atoms with Crippen LogP contribution < -0.4 is 4.74 Å². The zero-order valence-corrected chi connectivity index (χ0v) is 21.4. The molecule has 6 nitrogen and oxygen atoms in total. The number of hydrogen-bond acceptors (Lipinski definition) is 6. The largest absolute Gasteiger partial charge is 0.493 e. The Labute approximate surface area is 217 Å². The average Bonchev–Trinajstić information content (AvgIpc) is 3.29. The number of hydrogen-bond donors (Lipinski definition) is 0. The fourth-order valence-electron chi connectivity index (χ4n) is 4.14. The zero-order chi connectivity index (χ0) is 26.2. The minimum atomic E-state index is -0.500. The number of ether oxygens (including phenoxy) is 2. The van der Waals surface area contributed by atoms with Gasteiger partial charge in [-0.1, -0.05) is 48.5 Å². The lowest BCUT2D eigenvalue weighted by molar-refractivity contribution is -0.144. The van der Waals surface area contributed by atoms with Crippen LogP contribution in [0, 0.1) is 6.92 Å². The van der Waals surface area contributed by atoms with Crippen LogP contribution in [0.4, 0.5) is 0 Å². The van der Waals surface area contributed by atoms with E-state index in [0.717, 1.165) is 33.9 Å². The van der Waals surface area contributed by atoms with Gasteiger partial charge < -0.3 is 13.9 Å². The lowest BCUT2D eigenvalue weighted by Crippen LogP contribution is -2.18. The Kier molecular flexibility index (Phi) is 8.52. The van der Waals surface area contributed by atoms with Gasteiger partial charge in [0.05, 0.1) is 24.8 Å². The van der Waals surface area contributed by atoms with Gasteiger partial charge in [-0.05, 0) is 68.7 Å². The summed E-state index contributed by atoms with van der Waals surface area (Å²) in [5.41, 5.74) is 4.14. The van der Waals surface area contributed by atoms with E-state index in [2.05, 4.69) is 4.98 Å². The summed E-state index contributed by atoms with van der Waals surface area (Å²) in [4.78, 5) is 29.2. The number of nitrogens with zero attached hydrogens (tertiary/aromatic N) is 1. The highest BCUT2D eigenvalue weighted by atomic mass is 16.5. The normalized spacial score (nSPS) is 11.6. The molecule has 0 aliphatic carbocycles. The van der Waals surface area contributed by atoms with E-state index in [0.29, 0.717) is 37.5 Å². The van der Waals surface area contributed by atoms with Crippen LogP contribution in [0.5, 0.6) is 5.75 Å². The third-order valence-electron chi connectivity index (χ3n) is 6.15. The monoisotopic (exact) mass is 497 g/mol. The van der Waals surface area contributed by atoms with Crippen molar-refractivity contribution in [3.8, 4) is 17.2 Å². The number of carbonyl (C=O) groups is 2. The molecule has 1 unspecified atom stereocenters. The molecular formula is C31H31NO5. The molecule has 0 radical (unpaired) electrons. The van der Waals surface area contributed by atoms with Crippen LogP contribution in [-0.4, -0.2) is 30.0 Å². The summed E-state index contributed by atoms with van der Waals surface area (Å²) in [6.07, 6.45) is 1.09. The molecule has 0 saturated heterocycles. The number of rotatable bonds is 11. The SMILES string of the molecule is CCOC(=O)C(Cc1ccc(OCCc2nc(-c3ccccc3)oc2C)cc1)c1cccc(C(C)=O)c1. The van der Waals surface area contributed by atoms with Crippen molar-refractivity contribution < 1.29 is 23.5 Å². The molecule has 0 amide bonds. The molecule has 0 spiro atoms. The molecule has 0 saturated carbocycles. The molecule has 37 heavy (non-hydrogen) atoms. The molecule has 0 N–H and O–H groups in total. The van der Waals surface area contributed by atoms with E-state index in [-0.39, 0.29) is 11.8 Å². The highest BCUT2D eigenvalue weighted by Gasteiger charge is 2.23. The van der Waals surface area contributed by atoms with Crippen molar-refractivity contribution in [2.75, 3.05) is 13.2 Å². The van der Waals surface area contributed by atoms with Gasteiger partial charge in [-0.3, -0.25) is 9.59 Å². The fourth-order valence-corrected chi connectivity index (χ4v) is 4.14. The number of aryl methyl sites for hydroxylation is 1. The number of esters is 1. The molecule has 1 aromatic heterocycles. The first kappa shape index (κ1) is 25.9. The molecule has 190 valence electrons. The highest BCUT2D eigenvalue weighted by molar-refractivity contribution is 5.94. The maximum atomic E-state index is 12.7. The lowest BCUT2D eigenvalue weighted by Gasteiger charge is -2.17. The predicted molar refractivity (Wildman–Crippen MR) is 142 cm³/mol. The van der Waals surface area contributed by atoms with Gasteiger partial charge in [-0.15, -0.1) is 0 Å². The second kappa shape index (κ2) is 12.2. The van der Waals surface area contributed by atoms with E-state index in [1.54, 1.807) is 25.1 Å². The molecule has 4 rings (SSSR count). The van der Waals surface area contributed by atoms with E-state index in [1.165, 1.54) is 6.92 Å². The fraction of sp³-hybridized carbons (Fsp3) is 0.258. The summed E-state index contributed by atoms with van der Waals surface area (Å²) in [5.74, 6) is 1.29. The second-order valence-corrected chi connectivity index (χ2v) is 8.82. The van der Waals surface area contributed by atoms with Crippen LogP contribution in [0.1, 0.15) is 52.7 Å². The van der Waals surface area contributed by atoms with Gasteiger partial charge in [-0.25, -0.2) is 4.98 Å². The lowest BCUT2D eigenvalue weighted by atomic mass is 9.90. The van der Waals surface area contributed by atoms with Gasteiger partial charge in [0.2, 0.25) is 5.89 Å². The molecule has 0 aliphatic heterocycles. The van der Waals surface area contributed by atoms with Crippen LogP contribution in [0.25, 0.3) is 11.5 Å². The molecule has 1 atom stereocenters. The Morgan fingerprint density at radius 1 is 0.973 bits per heavy atom. The smallest absolute Gasteiger partial charge is 0.313 e. The number of benzene rings is 3. The number of oxazole rings is 1. The molecular weight excluding hydrogens is 466 g/mol. The number of ketones is 1. The summed E-state index contributed by atoms with van der Waals surface area (Å²) in [6.45, 7) is 5.98. The predicted octanol–water partition coefficient (Wildman–Crippen LogP) is 6.36. The van der Waals surface area contributed by atoms with Crippen LogP contribution in [0.2, 0.25) is 0 Å². The zero-order valence-electron chi connectivity index (χ0n) is 21.4. The number of aromatic nitrogens is 1. The molecule has 1 heterocycles. The van der Waals surface area contributed by atoms with Gasteiger partial charge in [0.15, 0.2) is 5.78 Å². The molecule has 0 bridgehead atoms. The van der Waals surface area contributed by atoms with Crippen molar-refractivity contribution in [1.82, 2.24) is 4.98 Å². The summed E-state index contributed by atoms with van der Waals surface area (Å²) in [6, 6.07) is 24.7. The van der Waals surface area contributed by atoms with Crippen molar-refractivity contribution in [2.45, 2.75) is 39.5 Å². The quantitative estimate of drug-likeness (QED) is 0.177. The Morgan fingerprint density at radius 3 is 2.43 bits per heavy atom. The van der Waals surface area contributed by atoms with Gasteiger partial charge in [0.25, 0.3) is 0 Å². The maximum Gasteiger partial charge on any atom is 0.313 e. The third kappa shape index (κ3) is 6.73. The van der Waals surface area contributed by atoms with E-state index >= 15 is 0 Å². The highest BCUT2D eigenvalue weighted by Crippen LogP contribution is 2.26. The Bertz CT molecular complexity index is 1340. The van der Waals surface area contributed by atoms with E-state index in [1.807, 2.05) is 67.6 Å². The summed E-state index contributed by atoms with van der Waals surface area (Å²) < 4.78 is 17.1. The maximum absolute atomic E-state index is 12.7. The first-order valence-electron chi connectivity index (χ1n) is 12.5. The van der Waals surface area contributed by atoms with Crippen LogP contribution >= 0.6 is 0 Å². The Balaban J connectivity index is 1.38. The number of carbonyl (C=O) groups excluding carboxylic acids is 2. The third-order valence-corrected chi connectivity index (χ3v) is 6.15. The van der Waals surface area contributed by atoms with E-state index in [9.17, 15) is 9.59 Å². The van der Waals surface area contributed by atoms with Crippen molar-refractivity contribution in [3.05, 3.63) is 107 Å².